The number of carbonyl (C=O) groups is 2. The average Bonchev–Trinajstić information content (AvgIpc) is 2.70. The van der Waals surface area contributed by atoms with Crippen LogP contribution in [-0.2, 0) is 10.3 Å². The van der Waals surface area contributed by atoms with E-state index in [9.17, 15) is 9.59 Å². The topological polar surface area (TPSA) is 91.6 Å². The third-order valence-electron chi connectivity index (χ3n) is 2.14. The van der Waals surface area contributed by atoms with Crippen LogP contribution in [0.4, 0.5) is 4.79 Å². The molecule has 2 amide bonds. The molecular formula is C10H14N2O4. The van der Waals surface area contributed by atoms with E-state index in [0.717, 1.165) is 0 Å². The number of rotatable bonds is 4. The van der Waals surface area contributed by atoms with E-state index in [1.165, 1.54) is 19.3 Å². The van der Waals surface area contributed by atoms with E-state index in [-0.39, 0.29) is 5.76 Å². The molecule has 0 fully saturated rings. The van der Waals surface area contributed by atoms with E-state index in [2.05, 4.69) is 10.6 Å². The fourth-order valence-corrected chi connectivity index (χ4v) is 1.22. The van der Waals surface area contributed by atoms with Crippen molar-refractivity contribution in [1.29, 1.82) is 0 Å². The molecule has 0 saturated heterocycles. The largest absolute Gasteiger partial charge is 0.479 e. The summed E-state index contributed by atoms with van der Waals surface area (Å²) >= 11 is 0. The van der Waals surface area contributed by atoms with Crippen molar-refractivity contribution in [2.45, 2.75) is 19.4 Å². The van der Waals surface area contributed by atoms with Crippen LogP contribution in [0.3, 0.4) is 0 Å². The van der Waals surface area contributed by atoms with Crippen molar-refractivity contribution in [3.05, 3.63) is 24.2 Å². The van der Waals surface area contributed by atoms with Crippen LogP contribution in [0.5, 0.6) is 0 Å². The monoisotopic (exact) mass is 226 g/mol. The van der Waals surface area contributed by atoms with Crippen LogP contribution in [0.1, 0.15) is 19.6 Å². The first-order valence-corrected chi connectivity index (χ1v) is 4.84. The molecule has 0 aliphatic heterocycles. The number of carboxylic acids is 1. The highest BCUT2D eigenvalue weighted by Gasteiger charge is 2.39. The Morgan fingerprint density at radius 2 is 2.25 bits per heavy atom. The fourth-order valence-electron chi connectivity index (χ4n) is 1.22. The lowest BCUT2D eigenvalue weighted by molar-refractivity contribution is -0.144. The van der Waals surface area contributed by atoms with Gasteiger partial charge in [0.1, 0.15) is 5.76 Å². The SMILES string of the molecule is CCNC(=O)NC(C)(C(=O)O)c1ccco1. The van der Waals surface area contributed by atoms with Crippen LogP contribution in [0, 0.1) is 0 Å². The summed E-state index contributed by atoms with van der Waals surface area (Å²) in [6.45, 7) is 3.52. The minimum absolute atomic E-state index is 0.172. The first-order valence-electron chi connectivity index (χ1n) is 4.84. The van der Waals surface area contributed by atoms with Gasteiger partial charge in [0.05, 0.1) is 6.26 Å². The fraction of sp³-hybridized carbons (Fsp3) is 0.400. The lowest BCUT2D eigenvalue weighted by Crippen LogP contribution is -2.52. The molecule has 3 N–H and O–H groups in total. The molecule has 0 saturated carbocycles. The number of aliphatic carboxylic acids is 1. The van der Waals surface area contributed by atoms with Crippen molar-refractivity contribution >= 4 is 12.0 Å². The molecule has 0 aromatic carbocycles. The molecule has 0 aliphatic carbocycles. The third-order valence-corrected chi connectivity index (χ3v) is 2.14. The first-order chi connectivity index (χ1) is 7.50. The Hall–Kier alpha value is -1.98. The van der Waals surface area contributed by atoms with Crippen molar-refractivity contribution in [2.75, 3.05) is 6.54 Å². The molecule has 1 unspecified atom stereocenters. The molecule has 1 aromatic rings. The number of amides is 2. The van der Waals surface area contributed by atoms with Crippen molar-refractivity contribution < 1.29 is 19.1 Å². The van der Waals surface area contributed by atoms with Gasteiger partial charge < -0.3 is 20.2 Å². The van der Waals surface area contributed by atoms with Gasteiger partial charge >= 0.3 is 12.0 Å². The summed E-state index contributed by atoms with van der Waals surface area (Å²) in [4.78, 5) is 22.5. The smallest absolute Gasteiger partial charge is 0.337 e. The Balaban J connectivity index is 2.90. The van der Waals surface area contributed by atoms with Gasteiger partial charge in [0.25, 0.3) is 0 Å². The van der Waals surface area contributed by atoms with Gasteiger partial charge in [0.2, 0.25) is 0 Å². The second-order valence-corrected chi connectivity index (χ2v) is 3.39. The van der Waals surface area contributed by atoms with Gasteiger partial charge in [-0.05, 0) is 26.0 Å². The Morgan fingerprint density at radius 1 is 1.56 bits per heavy atom. The van der Waals surface area contributed by atoms with Crippen LogP contribution in [0.2, 0.25) is 0 Å². The lowest BCUT2D eigenvalue weighted by Gasteiger charge is -2.23. The number of carboxylic acid groups (broad SMARTS) is 1. The summed E-state index contributed by atoms with van der Waals surface area (Å²) in [5.41, 5.74) is -1.57. The maximum absolute atomic E-state index is 11.3. The maximum atomic E-state index is 11.3. The predicted octanol–water partition coefficient (Wildman–Crippen LogP) is 0.898. The van der Waals surface area contributed by atoms with Gasteiger partial charge in [0.15, 0.2) is 5.54 Å². The number of hydrogen-bond acceptors (Lipinski definition) is 3. The average molecular weight is 226 g/mol. The van der Waals surface area contributed by atoms with Crippen LogP contribution >= 0.6 is 0 Å². The van der Waals surface area contributed by atoms with Gasteiger partial charge in [-0.3, -0.25) is 0 Å². The molecule has 88 valence electrons. The summed E-state index contributed by atoms with van der Waals surface area (Å²) in [5.74, 6) is -1.01. The van der Waals surface area contributed by atoms with Gasteiger partial charge in [-0.25, -0.2) is 9.59 Å². The Labute approximate surface area is 92.6 Å². The van der Waals surface area contributed by atoms with Crippen LogP contribution in [0.25, 0.3) is 0 Å². The Kier molecular flexibility index (Phi) is 3.55. The van der Waals surface area contributed by atoms with E-state index < -0.39 is 17.5 Å². The highest BCUT2D eigenvalue weighted by molar-refractivity contribution is 5.86. The lowest BCUT2D eigenvalue weighted by atomic mass is 9.99. The molecule has 0 bridgehead atoms. The molecule has 6 heteroatoms. The van der Waals surface area contributed by atoms with Crippen LogP contribution < -0.4 is 10.6 Å². The van der Waals surface area contributed by atoms with Crippen molar-refractivity contribution in [2.24, 2.45) is 0 Å². The second kappa shape index (κ2) is 4.69. The molecule has 6 nitrogen and oxygen atoms in total. The number of furan rings is 1. The summed E-state index contributed by atoms with van der Waals surface area (Å²) in [5, 5.41) is 13.9. The zero-order valence-electron chi connectivity index (χ0n) is 9.11. The standard InChI is InChI=1S/C10H14N2O4/c1-3-11-9(15)12-10(2,8(13)14)7-5-4-6-16-7/h4-6H,3H2,1-2H3,(H,13,14)(H2,11,12,15). The minimum atomic E-state index is -1.57. The number of carbonyl (C=O) groups excluding carboxylic acids is 1. The van der Waals surface area contributed by atoms with E-state index in [0.29, 0.717) is 6.54 Å². The van der Waals surface area contributed by atoms with Crippen molar-refractivity contribution in [3.63, 3.8) is 0 Å². The molecule has 1 atom stereocenters. The Morgan fingerprint density at radius 3 is 2.69 bits per heavy atom. The minimum Gasteiger partial charge on any atom is -0.479 e. The maximum Gasteiger partial charge on any atom is 0.337 e. The number of nitrogens with one attached hydrogen (secondary N) is 2. The second-order valence-electron chi connectivity index (χ2n) is 3.39. The van der Waals surface area contributed by atoms with Crippen LogP contribution in [0.15, 0.2) is 22.8 Å². The van der Waals surface area contributed by atoms with Crippen molar-refractivity contribution in [3.8, 4) is 0 Å². The molecule has 1 rings (SSSR count). The highest BCUT2D eigenvalue weighted by Crippen LogP contribution is 2.21. The number of hydrogen-bond donors (Lipinski definition) is 3. The van der Waals surface area contributed by atoms with Gasteiger partial charge in [-0.2, -0.15) is 0 Å². The van der Waals surface area contributed by atoms with Gasteiger partial charge in [-0.1, -0.05) is 0 Å². The van der Waals surface area contributed by atoms with Gasteiger partial charge in [0, 0.05) is 6.54 Å². The highest BCUT2D eigenvalue weighted by atomic mass is 16.4. The van der Waals surface area contributed by atoms with Crippen molar-refractivity contribution in [1.82, 2.24) is 10.6 Å². The molecule has 16 heavy (non-hydrogen) atoms. The van der Waals surface area contributed by atoms with E-state index in [1.807, 2.05) is 0 Å². The van der Waals surface area contributed by atoms with Crippen LogP contribution in [-0.4, -0.2) is 23.7 Å². The molecule has 1 aromatic heterocycles. The molecule has 0 spiro atoms. The van der Waals surface area contributed by atoms with E-state index >= 15 is 0 Å². The first kappa shape index (κ1) is 12.1. The number of urea groups is 1. The molecular weight excluding hydrogens is 212 g/mol. The predicted molar refractivity (Wildman–Crippen MR) is 55.9 cm³/mol. The zero-order valence-corrected chi connectivity index (χ0v) is 9.11. The normalized spacial score (nSPS) is 13.9. The summed E-state index contributed by atoms with van der Waals surface area (Å²) < 4.78 is 5.02. The van der Waals surface area contributed by atoms with E-state index in [1.54, 1.807) is 13.0 Å². The summed E-state index contributed by atoms with van der Waals surface area (Å²) in [7, 11) is 0. The quantitative estimate of drug-likeness (QED) is 0.711. The summed E-state index contributed by atoms with van der Waals surface area (Å²) in [6, 6.07) is 2.51. The third kappa shape index (κ3) is 2.33. The molecule has 1 heterocycles. The molecule has 0 aliphatic rings. The van der Waals surface area contributed by atoms with E-state index in [4.69, 9.17) is 9.52 Å². The van der Waals surface area contributed by atoms with Gasteiger partial charge in [-0.15, -0.1) is 0 Å². The zero-order chi connectivity index (χ0) is 12.2. The Bertz CT molecular complexity index is 374. The molecule has 0 radical (unpaired) electrons. The summed E-state index contributed by atoms with van der Waals surface area (Å²) in [6.07, 6.45) is 1.36.